The van der Waals surface area contributed by atoms with Gasteiger partial charge in [-0.15, -0.1) is 0 Å². The highest BCUT2D eigenvalue weighted by Gasteiger charge is 2.52. The molecule has 0 saturated carbocycles. The zero-order chi connectivity index (χ0) is 33.6. The molecule has 50 heavy (non-hydrogen) atoms. The number of anilines is 3. The van der Waals surface area contributed by atoms with Gasteiger partial charge in [0.15, 0.2) is 0 Å². The fraction of sp³-hybridized carbons (Fsp3) is 0.0833. The summed E-state index contributed by atoms with van der Waals surface area (Å²) in [7, 11) is 0. The monoisotopic (exact) mass is 643 g/mol. The summed E-state index contributed by atoms with van der Waals surface area (Å²) >= 11 is 0. The van der Waals surface area contributed by atoms with Crippen LogP contribution in [0.25, 0.3) is 43.8 Å². The van der Waals surface area contributed by atoms with Gasteiger partial charge in [0.05, 0.1) is 5.41 Å². The lowest BCUT2D eigenvalue weighted by Gasteiger charge is -2.32. The Hall–Kier alpha value is -5.99. The summed E-state index contributed by atoms with van der Waals surface area (Å²) in [5.41, 5.74) is 14.4. The van der Waals surface area contributed by atoms with Crippen LogP contribution in [0.2, 0.25) is 0 Å². The van der Waals surface area contributed by atoms with Gasteiger partial charge in [-0.2, -0.15) is 0 Å². The molecule has 0 amide bonds. The van der Waals surface area contributed by atoms with Crippen molar-refractivity contribution < 1.29 is 4.39 Å². The first kappa shape index (κ1) is 29.0. The molecule has 0 N–H and O–H groups in total. The van der Waals surface area contributed by atoms with Crippen molar-refractivity contribution in [3.8, 4) is 22.3 Å². The Kier molecular flexibility index (Phi) is 6.23. The average Bonchev–Trinajstić information content (AvgIpc) is 3.62. The smallest absolute Gasteiger partial charge is 0.123 e. The van der Waals surface area contributed by atoms with E-state index in [1.54, 1.807) is 12.1 Å². The molecule has 8 aromatic rings. The van der Waals surface area contributed by atoms with Crippen LogP contribution in [-0.2, 0) is 5.41 Å². The minimum atomic E-state index is -0.452. The SMILES string of the molecule is CC(C)c1ccc(N(c2ccc(F)cc2)c2ccc3c4c(ccc3c2)-c2cc3ccccc3cc2C42c3ccccc3-c3ccccc32)cc1. The van der Waals surface area contributed by atoms with Crippen molar-refractivity contribution in [3.63, 3.8) is 0 Å². The van der Waals surface area contributed by atoms with E-state index >= 15 is 0 Å². The number of nitrogens with zero attached hydrogens (tertiary/aromatic N) is 1. The van der Waals surface area contributed by atoms with Crippen LogP contribution in [0.15, 0.2) is 164 Å². The van der Waals surface area contributed by atoms with E-state index in [-0.39, 0.29) is 5.82 Å². The fourth-order valence-corrected chi connectivity index (χ4v) is 8.83. The Morgan fingerprint density at radius 2 is 1.04 bits per heavy atom. The average molecular weight is 644 g/mol. The molecule has 0 heterocycles. The quantitative estimate of drug-likeness (QED) is 0.184. The van der Waals surface area contributed by atoms with Gasteiger partial charge in [0.2, 0.25) is 0 Å². The minimum absolute atomic E-state index is 0.243. The van der Waals surface area contributed by atoms with Gasteiger partial charge in [-0.05, 0) is 138 Å². The van der Waals surface area contributed by atoms with Crippen molar-refractivity contribution in [1.82, 2.24) is 0 Å². The Morgan fingerprint density at radius 1 is 0.460 bits per heavy atom. The molecule has 0 unspecified atom stereocenters. The van der Waals surface area contributed by atoms with Gasteiger partial charge in [0, 0.05) is 17.1 Å². The van der Waals surface area contributed by atoms with Crippen LogP contribution >= 0.6 is 0 Å². The van der Waals surface area contributed by atoms with Gasteiger partial charge in [0.1, 0.15) is 5.82 Å². The molecule has 0 bridgehead atoms. The third-order valence-corrected chi connectivity index (χ3v) is 11.1. The van der Waals surface area contributed by atoms with Crippen LogP contribution in [0.4, 0.5) is 21.5 Å². The number of halogens is 1. The number of hydrogen-bond acceptors (Lipinski definition) is 1. The Balaban J connectivity index is 1.25. The second-order valence-corrected chi connectivity index (χ2v) is 14.0. The lowest BCUT2D eigenvalue weighted by atomic mass is 9.69. The molecule has 8 aromatic carbocycles. The van der Waals surface area contributed by atoms with E-state index in [1.165, 1.54) is 71.6 Å². The molecule has 2 aliphatic rings. The molecule has 0 fully saturated rings. The predicted molar refractivity (Wildman–Crippen MR) is 206 cm³/mol. The van der Waals surface area contributed by atoms with Gasteiger partial charge < -0.3 is 4.90 Å². The summed E-state index contributed by atoms with van der Waals surface area (Å²) in [6.07, 6.45) is 0. The third kappa shape index (κ3) is 3.99. The Labute approximate surface area is 291 Å². The molecule has 2 aliphatic carbocycles. The molecule has 0 atom stereocenters. The van der Waals surface area contributed by atoms with E-state index in [0.29, 0.717) is 5.92 Å². The molecular formula is C48H34FN. The minimum Gasteiger partial charge on any atom is -0.310 e. The maximum Gasteiger partial charge on any atom is 0.123 e. The Morgan fingerprint density at radius 3 is 1.70 bits per heavy atom. The summed E-state index contributed by atoms with van der Waals surface area (Å²) in [5.74, 6) is 0.193. The first-order chi connectivity index (χ1) is 24.5. The molecule has 2 heteroatoms. The van der Waals surface area contributed by atoms with Crippen LogP contribution in [0.1, 0.15) is 47.6 Å². The number of rotatable bonds is 4. The standard InChI is InChI=1S/C48H34FN/c1-30(2)31-15-20-36(21-16-31)50(37-22-18-35(49)19-23-37)38-24-26-39-34(27-38)17-25-42-43-28-32-9-3-4-10-33(32)29-46(43)48(47(39)42)44-13-7-5-11-40(44)41-12-6-8-14-45(41)48/h3-30H,1-2H3. The predicted octanol–water partition coefficient (Wildman–Crippen LogP) is 13.1. The van der Waals surface area contributed by atoms with Crippen molar-refractivity contribution in [2.45, 2.75) is 25.2 Å². The molecule has 1 spiro atoms. The summed E-state index contributed by atoms with van der Waals surface area (Å²) in [6, 6.07) is 58.6. The van der Waals surface area contributed by atoms with Gasteiger partial charge in [-0.25, -0.2) is 4.39 Å². The van der Waals surface area contributed by atoms with Crippen LogP contribution in [-0.4, -0.2) is 0 Å². The zero-order valence-electron chi connectivity index (χ0n) is 28.0. The van der Waals surface area contributed by atoms with Crippen LogP contribution in [0.5, 0.6) is 0 Å². The first-order valence-electron chi connectivity index (χ1n) is 17.5. The first-order valence-corrected chi connectivity index (χ1v) is 17.5. The summed E-state index contributed by atoms with van der Waals surface area (Å²) in [5, 5.41) is 4.92. The lowest BCUT2D eigenvalue weighted by molar-refractivity contribution is 0.628. The summed E-state index contributed by atoms with van der Waals surface area (Å²) < 4.78 is 14.2. The second kappa shape index (κ2) is 10.8. The highest BCUT2D eigenvalue weighted by atomic mass is 19.1. The normalized spacial score (nSPS) is 13.4. The zero-order valence-corrected chi connectivity index (χ0v) is 28.0. The molecule has 10 rings (SSSR count). The van der Waals surface area contributed by atoms with Gasteiger partial charge >= 0.3 is 0 Å². The van der Waals surface area contributed by atoms with E-state index in [0.717, 1.165) is 17.1 Å². The van der Waals surface area contributed by atoms with Gasteiger partial charge in [-0.3, -0.25) is 0 Å². The third-order valence-electron chi connectivity index (χ3n) is 11.1. The van der Waals surface area contributed by atoms with Crippen LogP contribution in [0.3, 0.4) is 0 Å². The van der Waals surface area contributed by atoms with E-state index < -0.39 is 5.41 Å². The molecule has 0 radical (unpaired) electrons. The van der Waals surface area contributed by atoms with E-state index in [1.807, 2.05) is 12.1 Å². The second-order valence-electron chi connectivity index (χ2n) is 14.0. The maximum atomic E-state index is 14.2. The van der Waals surface area contributed by atoms with Crippen LogP contribution < -0.4 is 4.90 Å². The molecule has 0 aromatic heterocycles. The summed E-state index contributed by atoms with van der Waals surface area (Å²) in [4.78, 5) is 2.23. The van der Waals surface area contributed by atoms with Crippen molar-refractivity contribution in [1.29, 1.82) is 0 Å². The number of benzene rings is 8. The molecule has 1 nitrogen and oxygen atoms in total. The molecule has 0 aliphatic heterocycles. The van der Waals surface area contributed by atoms with Gasteiger partial charge in [0.25, 0.3) is 0 Å². The maximum absolute atomic E-state index is 14.2. The van der Waals surface area contributed by atoms with Gasteiger partial charge in [-0.1, -0.05) is 117 Å². The molecular weight excluding hydrogens is 610 g/mol. The van der Waals surface area contributed by atoms with E-state index in [2.05, 4.69) is 158 Å². The largest absolute Gasteiger partial charge is 0.310 e. The number of fused-ring (bicyclic) bond motifs is 13. The van der Waals surface area contributed by atoms with E-state index in [4.69, 9.17) is 0 Å². The summed E-state index contributed by atoms with van der Waals surface area (Å²) in [6.45, 7) is 4.42. The van der Waals surface area contributed by atoms with Crippen LogP contribution in [0, 0.1) is 5.82 Å². The fourth-order valence-electron chi connectivity index (χ4n) is 8.83. The highest BCUT2D eigenvalue weighted by Crippen LogP contribution is 2.64. The van der Waals surface area contributed by atoms with Crippen molar-refractivity contribution in [3.05, 3.63) is 197 Å². The lowest BCUT2D eigenvalue weighted by Crippen LogP contribution is -2.26. The Bertz CT molecular complexity index is 2590. The topological polar surface area (TPSA) is 3.24 Å². The molecule has 0 saturated heterocycles. The molecule has 238 valence electrons. The van der Waals surface area contributed by atoms with E-state index in [9.17, 15) is 4.39 Å². The van der Waals surface area contributed by atoms with Crippen molar-refractivity contribution in [2.75, 3.05) is 4.90 Å². The van der Waals surface area contributed by atoms with Crippen molar-refractivity contribution >= 4 is 38.6 Å². The van der Waals surface area contributed by atoms with Crippen molar-refractivity contribution in [2.24, 2.45) is 0 Å². The highest BCUT2D eigenvalue weighted by molar-refractivity contribution is 6.07. The number of hydrogen-bond donors (Lipinski definition) is 0.